The number of carboxylic acids is 1. The number of aromatic nitrogens is 1. The minimum absolute atomic E-state index is 0.0970. The summed E-state index contributed by atoms with van der Waals surface area (Å²) in [6.07, 6.45) is 3.53. The molecule has 0 radical (unpaired) electrons. The molecule has 1 atom stereocenters. The molecule has 5 heteroatoms. The van der Waals surface area contributed by atoms with E-state index in [1.54, 1.807) is 12.4 Å². The van der Waals surface area contributed by atoms with Crippen molar-refractivity contribution in [2.75, 3.05) is 13.1 Å². The quantitative estimate of drug-likeness (QED) is 0.877. The van der Waals surface area contributed by atoms with Gasteiger partial charge in [-0.2, -0.15) is 0 Å². The zero-order valence-electron chi connectivity index (χ0n) is 10.1. The van der Waals surface area contributed by atoms with Gasteiger partial charge in [0.25, 0.3) is 0 Å². The van der Waals surface area contributed by atoms with Crippen molar-refractivity contribution in [3.63, 3.8) is 0 Å². The highest BCUT2D eigenvalue weighted by Crippen LogP contribution is 2.25. The smallest absolute Gasteiger partial charge is 0.305 e. The summed E-state index contributed by atoms with van der Waals surface area (Å²) in [5.41, 5.74) is 0.936. The predicted octanol–water partition coefficient (Wildman–Crippen LogP) is 2.70. The summed E-state index contributed by atoms with van der Waals surface area (Å²) < 4.78 is 0.873. The lowest BCUT2D eigenvalue weighted by molar-refractivity contribution is -0.138. The molecule has 4 nitrogen and oxygen atoms in total. The first-order chi connectivity index (χ1) is 8.08. The second kappa shape index (κ2) is 6.71. The first kappa shape index (κ1) is 14.1. The highest BCUT2D eigenvalue weighted by molar-refractivity contribution is 9.10. The Kier molecular flexibility index (Phi) is 5.58. The van der Waals surface area contributed by atoms with E-state index in [0.29, 0.717) is 0 Å². The SMILES string of the molecule is CCN(CC)C(CC(=O)O)c1cncc(Br)c1. The maximum absolute atomic E-state index is 10.9. The van der Waals surface area contributed by atoms with Crippen LogP contribution in [0, 0.1) is 0 Å². The van der Waals surface area contributed by atoms with Crippen molar-refractivity contribution in [3.8, 4) is 0 Å². The molecule has 1 N–H and O–H groups in total. The fourth-order valence-electron chi connectivity index (χ4n) is 1.90. The molecule has 1 unspecified atom stereocenters. The van der Waals surface area contributed by atoms with Crippen LogP contribution < -0.4 is 0 Å². The van der Waals surface area contributed by atoms with Crippen LogP contribution in [0.3, 0.4) is 0 Å². The van der Waals surface area contributed by atoms with Gasteiger partial charge >= 0.3 is 5.97 Å². The Hall–Kier alpha value is -0.940. The molecule has 1 rings (SSSR count). The van der Waals surface area contributed by atoms with E-state index in [1.807, 2.05) is 19.9 Å². The Labute approximate surface area is 110 Å². The third kappa shape index (κ3) is 4.09. The highest BCUT2D eigenvalue weighted by atomic mass is 79.9. The number of pyridine rings is 1. The van der Waals surface area contributed by atoms with Crippen molar-refractivity contribution in [1.82, 2.24) is 9.88 Å². The monoisotopic (exact) mass is 300 g/mol. The summed E-state index contributed by atoms with van der Waals surface area (Å²) >= 11 is 3.36. The predicted molar refractivity (Wildman–Crippen MR) is 69.9 cm³/mol. The Balaban J connectivity index is 3.00. The van der Waals surface area contributed by atoms with Crippen LogP contribution in [0.25, 0.3) is 0 Å². The lowest BCUT2D eigenvalue weighted by Crippen LogP contribution is -2.30. The van der Waals surface area contributed by atoms with Crippen LogP contribution in [0.4, 0.5) is 0 Å². The molecular formula is C12H17BrN2O2. The van der Waals surface area contributed by atoms with Crippen molar-refractivity contribution in [1.29, 1.82) is 0 Å². The molecule has 0 aliphatic heterocycles. The third-order valence-corrected chi connectivity index (χ3v) is 3.17. The lowest BCUT2D eigenvalue weighted by atomic mass is 10.0. The van der Waals surface area contributed by atoms with Gasteiger partial charge in [-0.1, -0.05) is 13.8 Å². The van der Waals surface area contributed by atoms with Crippen molar-refractivity contribution < 1.29 is 9.90 Å². The average molecular weight is 301 g/mol. The van der Waals surface area contributed by atoms with Crippen LogP contribution in [0.5, 0.6) is 0 Å². The molecule has 0 saturated carbocycles. The summed E-state index contributed by atoms with van der Waals surface area (Å²) in [5.74, 6) is -0.790. The molecule has 0 aliphatic carbocycles. The van der Waals surface area contributed by atoms with E-state index >= 15 is 0 Å². The van der Waals surface area contributed by atoms with Gasteiger partial charge in [-0.25, -0.2) is 0 Å². The summed E-state index contributed by atoms with van der Waals surface area (Å²) in [4.78, 5) is 17.2. The number of halogens is 1. The van der Waals surface area contributed by atoms with Gasteiger partial charge < -0.3 is 5.11 Å². The second-order valence-electron chi connectivity index (χ2n) is 3.77. The minimum Gasteiger partial charge on any atom is -0.481 e. The van der Waals surface area contributed by atoms with E-state index in [9.17, 15) is 4.79 Å². The van der Waals surface area contributed by atoms with Gasteiger partial charge in [0, 0.05) is 22.9 Å². The summed E-state index contributed by atoms with van der Waals surface area (Å²) in [6, 6.07) is 1.81. The molecule has 1 heterocycles. The van der Waals surface area contributed by atoms with Crippen LogP contribution >= 0.6 is 15.9 Å². The molecule has 94 valence electrons. The summed E-state index contributed by atoms with van der Waals surface area (Å²) in [7, 11) is 0. The van der Waals surface area contributed by atoms with Crippen LogP contribution in [0.2, 0.25) is 0 Å². The van der Waals surface area contributed by atoms with Crippen molar-refractivity contribution >= 4 is 21.9 Å². The molecule has 0 saturated heterocycles. The zero-order valence-corrected chi connectivity index (χ0v) is 11.6. The third-order valence-electron chi connectivity index (χ3n) is 2.73. The molecule has 0 aliphatic rings. The standard InChI is InChI=1S/C12H17BrN2O2/c1-3-15(4-2)11(6-12(16)17)9-5-10(13)8-14-7-9/h5,7-8,11H,3-4,6H2,1-2H3,(H,16,17). The number of hydrogen-bond acceptors (Lipinski definition) is 3. The Morgan fingerprint density at radius 2 is 2.12 bits per heavy atom. The van der Waals surface area contributed by atoms with Crippen LogP contribution in [0.1, 0.15) is 31.9 Å². The zero-order chi connectivity index (χ0) is 12.8. The summed E-state index contributed by atoms with van der Waals surface area (Å²) in [6.45, 7) is 5.70. The Bertz CT molecular complexity index is 381. The largest absolute Gasteiger partial charge is 0.481 e. The number of carbonyl (C=O) groups is 1. The van der Waals surface area contributed by atoms with Crippen molar-refractivity contribution in [2.24, 2.45) is 0 Å². The van der Waals surface area contributed by atoms with Crippen LogP contribution in [0.15, 0.2) is 22.9 Å². The Morgan fingerprint density at radius 3 is 2.59 bits per heavy atom. The minimum atomic E-state index is -0.790. The maximum Gasteiger partial charge on any atom is 0.305 e. The van der Waals surface area contributed by atoms with Crippen LogP contribution in [-0.2, 0) is 4.79 Å². The topological polar surface area (TPSA) is 53.4 Å². The van der Waals surface area contributed by atoms with Gasteiger partial charge in [0.05, 0.1) is 6.42 Å². The fourth-order valence-corrected chi connectivity index (χ4v) is 2.28. The first-order valence-electron chi connectivity index (χ1n) is 5.64. The molecule has 0 amide bonds. The molecule has 0 bridgehead atoms. The van der Waals surface area contributed by atoms with E-state index in [4.69, 9.17) is 5.11 Å². The van der Waals surface area contributed by atoms with E-state index in [2.05, 4.69) is 25.8 Å². The number of aliphatic carboxylic acids is 1. The maximum atomic E-state index is 10.9. The molecule has 0 fully saturated rings. The number of hydrogen-bond donors (Lipinski definition) is 1. The summed E-state index contributed by atoms with van der Waals surface area (Å²) in [5, 5.41) is 9.00. The van der Waals surface area contributed by atoms with E-state index in [1.165, 1.54) is 0 Å². The van der Waals surface area contributed by atoms with Crippen molar-refractivity contribution in [2.45, 2.75) is 26.3 Å². The van der Waals surface area contributed by atoms with Gasteiger partial charge in [-0.3, -0.25) is 14.7 Å². The normalized spacial score (nSPS) is 12.7. The van der Waals surface area contributed by atoms with Gasteiger partial charge in [0.15, 0.2) is 0 Å². The number of carboxylic acid groups (broad SMARTS) is 1. The number of nitrogens with zero attached hydrogens (tertiary/aromatic N) is 2. The van der Waals surface area contributed by atoms with E-state index in [0.717, 1.165) is 23.1 Å². The number of rotatable bonds is 6. The van der Waals surface area contributed by atoms with Gasteiger partial charge in [0.1, 0.15) is 0 Å². The molecular weight excluding hydrogens is 284 g/mol. The highest BCUT2D eigenvalue weighted by Gasteiger charge is 2.21. The lowest BCUT2D eigenvalue weighted by Gasteiger charge is -2.28. The van der Waals surface area contributed by atoms with Gasteiger partial charge in [0.2, 0.25) is 0 Å². The average Bonchev–Trinajstić information content (AvgIpc) is 2.29. The molecule has 17 heavy (non-hydrogen) atoms. The van der Waals surface area contributed by atoms with Gasteiger partial charge in [-0.15, -0.1) is 0 Å². The molecule has 0 aromatic carbocycles. The second-order valence-corrected chi connectivity index (χ2v) is 4.69. The first-order valence-corrected chi connectivity index (χ1v) is 6.44. The fraction of sp³-hybridized carbons (Fsp3) is 0.500. The van der Waals surface area contributed by atoms with Gasteiger partial charge in [-0.05, 0) is 40.6 Å². The van der Waals surface area contributed by atoms with E-state index < -0.39 is 5.97 Å². The Morgan fingerprint density at radius 1 is 1.47 bits per heavy atom. The van der Waals surface area contributed by atoms with Crippen molar-refractivity contribution in [3.05, 3.63) is 28.5 Å². The molecule has 0 spiro atoms. The molecule has 1 aromatic heterocycles. The molecule has 1 aromatic rings. The van der Waals surface area contributed by atoms with E-state index in [-0.39, 0.29) is 12.5 Å². The van der Waals surface area contributed by atoms with Crippen LogP contribution in [-0.4, -0.2) is 34.0 Å².